The molecule has 0 aromatic heterocycles. The van der Waals surface area contributed by atoms with Crippen molar-refractivity contribution in [1.29, 1.82) is 0 Å². The Morgan fingerprint density at radius 2 is 2.20 bits per heavy atom. The molecule has 78 valence electrons. The van der Waals surface area contributed by atoms with E-state index in [4.69, 9.17) is 16.7 Å². The number of aliphatic carboxylic acids is 1. The minimum atomic E-state index is -1.18. The standard InChI is InChI=1S/C9H6ClNO4/c10-7-2-3-8(11(14)15)6(5-7)1-4-9(12)13/h1-5H,(H,12,13)/b4-1-. The van der Waals surface area contributed by atoms with E-state index >= 15 is 0 Å². The van der Waals surface area contributed by atoms with Crippen molar-refractivity contribution in [1.82, 2.24) is 0 Å². The number of carboxylic acids is 1. The zero-order chi connectivity index (χ0) is 11.4. The molecule has 5 nitrogen and oxygen atoms in total. The van der Waals surface area contributed by atoms with Crippen molar-refractivity contribution in [2.75, 3.05) is 0 Å². The summed E-state index contributed by atoms with van der Waals surface area (Å²) in [7, 11) is 0. The molecule has 1 aromatic carbocycles. The molecule has 0 heterocycles. The van der Waals surface area contributed by atoms with Gasteiger partial charge in [0.15, 0.2) is 0 Å². The van der Waals surface area contributed by atoms with Gasteiger partial charge in [-0.15, -0.1) is 0 Å². The van der Waals surface area contributed by atoms with Crippen molar-refractivity contribution in [3.05, 3.63) is 45.0 Å². The van der Waals surface area contributed by atoms with Gasteiger partial charge in [-0.1, -0.05) is 11.6 Å². The van der Waals surface area contributed by atoms with Crippen molar-refractivity contribution < 1.29 is 14.8 Å². The third-order valence-electron chi connectivity index (χ3n) is 1.59. The number of carbonyl (C=O) groups is 1. The number of nitrogens with zero attached hydrogens (tertiary/aromatic N) is 1. The molecule has 6 heteroatoms. The van der Waals surface area contributed by atoms with Gasteiger partial charge in [0.25, 0.3) is 5.69 Å². The van der Waals surface area contributed by atoms with Crippen LogP contribution in [0, 0.1) is 10.1 Å². The van der Waals surface area contributed by atoms with E-state index in [1.54, 1.807) is 0 Å². The molecule has 1 rings (SSSR count). The minimum absolute atomic E-state index is 0.162. The van der Waals surface area contributed by atoms with E-state index in [-0.39, 0.29) is 11.3 Å². The average molecular weight is 228 g/mol. The van der Waals surface area contributed by atoms with Crippen LogP contribution in [0.5, 0.6) is 0 Å². The molecule has 0 aliphatic heterocycles. The molecule has 0 saturated carbocycles. The Hall–Kier alpha value is -1.88. The third-order valence-corrected chi connectivity index (χ3v) is 1.83. The summed E-state index contributed by atoms with van der Waals surface area (Å²) in [5, 5.41) is 19.3. The first-order valence-corrected chi connectivity index (χ1v) is 4.23. The van der Waals surface area contributed by atoms with E-state index in [2.05, 4.69) is 0 Å². The van der Waals surface area contributed by atoms with Crippen molar-refractivity contribution in [2.24, 2.45) is 0 Å². The maximum absolute atomic E-state index is 10.6. The second-order valence-corrected chi connectivity index (χ2v) is 3.07. The minimum Gasteiger partial charge on any atom is -0.478 e. The van der Waals surface area contributed by atoms with E-state index in [1.165, 1.54) is 18.2 Å². The average Bonchev–Trinajstić information content (AvgIpc) is 2.14. The molecule has 0 aliphatic rings. The third kappa shape index (κ3) is 3.07. The predicted octanol–water partition coefficient (Wildman–Crippen LogP) is 2.35. The van der Waals surface area contributed by atoms with Crippen LogP contribution in [0.25, 0.3) is 6.08 Å². The second kappa shape index (κ2) is 4.56. The van der Waals surface area contributed by atoms with Crippen LogP contribution in [0.3, 0.4) is 0 Å². The van der Waals surface area contributed by atoms with Gasteiger partial charge in [-0.05, 0) is 18.2 Å². The number of halogens is 1. The van der Waals surface area contributed by atoms with E-state index in [0.717, 1.165) is 12.2 Å². The molecule has 0 radical (unpaired) electrons. The molecule has 0 fully saturated rings. The van der Waals surface area contributed by atoms with Crippen molar-refractivity contribution >= 4 is 29.3 Å². The summed E-state index contributed by atoms with van der Waals surface area (Å²) in [5.41, 5.74) is -0.0215. The van der Waals surface area contributed by atoms with Crippen LogP contribution < -0.4 is 0 Å². The highest BCUT2D eigenvalue weighted by Gasteiger charge is 2.11. The summed E-state index contributed by atoms with van der Waals surface area (Å²) in [6, 6.07) is 3.93. The molecule has 0 bridgehead atoms. The van der Waals surface area contributed by atoms with Gasteiger partial charge in [-0.2, -0.15) is 0 Å². The van der Waals surface area contributed by atoms with Crippen molar-refractivity contribution in [3.8, 4) is 0 Å². The highest BCUT2D eigenvalue weighted by Crippen LogP contribution is 2.23. The number of hydrogen-bond donors (Lipinski definition) is 1. The molecule has 15 heavy (non-hydrogen) atoms. The fraction of sp³-hybridized carbons (Fsp3) is 0. The Labute approximate surface area is 89.7 Å². The van der Waals surface area contributed by atoms with Crippen LogP contribution in [-0.2, 0) is 4.79 Å². The van der Waals surface area contributed by atoms with Crippen molar-refractivity contribution in [2.45, 2.75) is 0 Å². The number of carboxylic acid groups (broad SMARTS) is 1. The van der Waals surface area contributed by atoms with Crippen LogP contribution in [0.4, 0.5) is 5.69 Å². The second-order valence-electron chi connectivity index (χ2n) is 2.63. The quantitative estimate of drug-likeness (QED) is 0.488. The SMILES string of the molecule is O=C(O)/C=C\c1cc(Cl)ccc1[N+](=O)[O-]. The number of rotatable bonds is 3. The number of hydrogen-bond acceptors (Lipinski definition) is 3. The van der Waals surface area contributed by atoms with Crippen LogP contribution in [0.2, 0.25) is 5.02 Å². The van der Waals surface area contributed by atoms with Gasteiger partial charge >= 0.3 is 5.97 Å². The van der Waals surface area contributed by atoms with Crippen LogP contribution >= 0.6 is 11.6 Å². The molecule has 1 N–H and O–H groups in total. The molecule has 0 unspecified atom stereocenters. The summed E-state index contributed by atoms with van der Waals surface area (Å²) in [6.45, 7) is 0. The molecule has 0 atom stereocenters. The molecule has 0 spiro atoms. The van der Waals surface area contributed by atoms with Gasteiger partial charge in [-0.3, -0.25) is 10.1 Å². The van der Waals surface area contributed by atoms with Gasteiger partial charge in [0.05, 0.1) is 10.5 Å². The lowest BCUT2D eigenvalue weighted by Crippen LogP contribution is -1.92. The topological polar surface area (TPSA) is 80.4 Å². The molecular weight excluding hydrogens is 222 g/mol. The first kappa shape index (κ1) is 11.2. The lowest BCUT2D eigenvalue weighted by atomic mass is 10.1. The van der Waals surface area contributed by atoms with E-state index in [9.17, 15) is 14.9 Å². The maximum atomic E-state index is 10.6. The van der Waals surface area contributed by atoms with Crippen molar-refractivity contribution in [3.63, 3.8) is 0 Å². The largest absolute Gasteiger partial charge is 0.478 e. The summed E-state index contributed by atoms with van der Waals surface area (Å²) in [5.74, 6) is -1.18. The maximum Gasteiger partial charge on any atom is 0.328 e. The number of nitro groups is 1. The predicted molar refractivity (Wildman–Crippen MR) is 54.8 cm³/mol. The lowest BCUT2D eigenvalue weighted by Gasteiger charge is -1.97. The monoisotopic (exact) mass is 227 g/mol. The normalized spacial score (nSPS) is 10.5. The van der Waals surface area contributed by atoms with Gasteiger partial charge in [0, 0.05) is 17.2 Å². The summed E-state index contributed by atoms with van der Waals surface area (Å²) >= 11 is 5.63. The molecule has 0 saturated heterocycles. The first-order valence-electron chi connectivity index (χ1n) is 3.85. The smallest absolute Gasteiger partial charge is 0.328 e. The summed E-state index contributed by atoms with van der Waals surface area (Å²) in [6.07, 6.45) is 1.95. The van der Waals surface area contributed by atoms with Crippen LogP contribution in [-0.4, -0.2) is 16.0 Å². The number of benzene rings is 1. The first-order chi connectivity index (χ1) is 7.00. The fourth-order valence-electron chi connectivity index (χ4n) is 0.986. The van der Waals surface area contributed by atoms with Gasteiger partial charge in [0.1, 0.15) is 0 Å². The van der Waals surface area contributed by atoms with Gasteiger partial charge in [-0.25, -0.2) is 4.79 Å². The van der Waals surface area contributed by atoms with Gasteiger partial charge < -0.3 is 5.11 Å². The Morgan fingerprint density at radius 3 is 2.73 bits per heavy atom. The zero-order valence-electron chi connectivity index (χ0n) is 7.38. The zero-order valence-corrected chi connectivity index (χ0v) is 8.14. The Morgan fingerprint density at radius 1 is 1.53 bits per heavy atom. The number of nitro benzene ring substituents is 1. The fourth-order valence-corrected chi connectivity index (χ4v) is 1.17. The van der Waals surface area contributed by atoms with Crippen LogP contribution in [0.1, 0.15) is 5.56 Å². The molecule has 1 aromatic rings. The lowest BCUT2D eigenvalue weighted by molar-refractivity contribution is -0.385. The van der Waals surface area contributed by atoms with Gasteiger partial charge in [0.2, 0.25) is 0 Å². The van der Waals surface area contributed by atoms with Crippen LogP contribution in [0.15, 0.2) is 24.3 Å². The summed E-state index contributed by atoms with van der Waals surface area (Å²) in [4.78, 5) is 20.2. The van der Waals surface area contributed by atoms with E-state index in [1.807, 2.05) is 0 Å². The van der Waals surface area contributed by atoms with E-state index < -0.39 is 10.9 Å². The molecular formula is C9H6ClNO4. The highest BCUT2D eigenvalue weighted by atomic mass is 35.5. The Bertz CT molecular complexity index is 442. The highest BCUT2D eigenvalue weighted by molar-refractivity contribution is 6.30. The Kier molecular flexibility index (Phi) is 3.41. The van der Waals surface area contributed by atoms with E-state index in [0.29, 0.717) is 5.02 Å². The molecule has 0 amide bonds. The summed E-state index contributed by atoms with van der Waals surface area (Å²) < 4.78 is 0. The Balaban J connectivity index is 3.18. The molecule has 0 aliphatic carbocycles.